The molecule has 0 aliphatic carbocycles. The van der Waals surface area contributed by atoms with Gasteiger partial charge in [-0.25, -0.2) is 12.8 Å². The SMILES string of the molecule is O=C(Nc1cccc(S(=O)(=O)N2CCOCC2)c1)c1ccc(F)cc1Cl. The molecule has 26 heavy (non-hydrogen) atoms. The first kappa shape index (κ1) is 18.8. The molecule has 0 aromatic heterocycles. The largest absolute Gasteiger partial charge is 0.379 e. The molecule has 138 valence electrons. The molecule has 0 bridgehead atoms. The zero-order valence-electron chi connectivity index (χ0n) is 13.6. The van der Waals surface area contributed by atoms with Crippen molar-refractivity contribution in [2.24, 2.45) is 0 Å². The van der Waals surface area contributed by atoms with E-state index in [9.17, 15) is 17.6 Å². The molecule has 1 amide bonds. The minimum atomic E-state index is -3.67. The Morgan fingerprint density at radius 2 is 1.88 bits per heavy atom. The number of hydrogen-bond donors (Lipinski definition) is 1. The van der Waals surface area contributed by atoms with Crippen LogP contribution in [0.2, 0.25) is 5.02 Å². The predicted molar refractivity (Wildman–Crippen MR) is 95.4 cm³/mol. The summed E-state index contributed by atoms with van der Waals surface area (Å²) in [5.74, 6) is -1.11. The Bertz CT molecular complexity index is 930. The first-order valence-electron chi connectivity index (χ1n) is 7.82. The highest BCUT2D eigenvalue weighted by Crippen LogP contribution is 2.22. The quantitative estimate of drug-likeness (QED) is 0.859. The normalized spacial score (nSPS) is 15.6. The number of sulfonamides is 1. The van der Waals surface area contributed by atoms with E-state index in [-0.39, 0.29) is 28.6 Å². The van der Waals surface area contributed by atoms with Gasteiger partial charge in [0.25, 0.3) is 5.91 Å². The number of halogens is 2. The van der Waals surface area contributed by atoms with Crippen molar-refractivity contribution >= 4 is 33.2 Å². The standard InChI is InChI=1S/C17H16ClFN2O4S/c18-16-10-12(19)4-5-15(16)17(22)20-13-2-1-3-14(11-13)26(23,24)21-6-8-25-9-7-21/h1-5,10-11H,6-9H2,(H,20,22). The number of carbonyl (C=O) groups is 1. The van der Waals surface area contributed by atoms with E-state index in [4.69, 9.17) is 16.3 Å². The molecule has 0 radical (unpaired) electrons. The summed E-state index contributed by atoms with van der Waals surface area (Å²) in [6, 6.07) is 9.37. The van der Waals surface area contributed by atoms with Gasteiger partial charge >= 0.3 is 0 Å². The Morgan fingerprint density at radius 3 is 2.58 bits per heavy atom. The van der Waals surface area contributed by atoms with Crippen LogP contribution in [0.3, 0.4) is 0 Å². The van der Waals surface area contributed by atoms with Crippen LogP contribution in [0, 0.1) is 5.82 Å². The van der Waals surface area contributed by atoms with Gasteiger partial charge in [0, 0.05) is 18.8 Å². The number of rotatable bonds is 4. The molecule has 0 atom stereocenters. The molecule has 0 unspecified atom stereocenters. The molecule has 0 saturated carbocycles. The van der Waals surface area contributed by atoms with Crippen molar-refractivity contribution in [3.05, 3.63) is 58.9 Å². The number of nitrogens with zero attached hydrogens (tertiary/aromatic N) is 1. The van der Waals surface area contributed by atoms with Crippen LogP contribution in [0.5, 0.6) is 0 Å². The van der Waals surface area contributed by atoms with Gasteiger partial charge in [-0.1, -0.05) is 17.7 Å². The lowest BCUT2D eigenvalue weighted by Gasteiger charge is -2.26. The van der Waals surface area contributed by atoms with Gasteiger partial charge in [0.2, 0.25) is 10.0 Å². The third-order valence-corrected chi connectivity index (χ3v) is 6.08. The average molecular weight is 399 g/mol. The monoisotopic (exact) mass is 398 g/mol. The molecular weight excluding hydrogens is 383 g/mol. The number of carbonyl (C=O) groups excluding carboxylic acids is 1. The van der Waals surface area contributed by atoms with E-state index in [2.05, 4.69) is 5.32 Å². The molecule has 1 fully saturated rings. The molecule has 6 nitrogen and oxygen atoms in total. The fourth-order valence-corrected chi connectivity index (χ4v) is 4.25. The summed E-state index contributed by atoms with van der Waals surface area (Å²) < 4.78 is 45.0. The number of ether oxygens (including phenoxy) is 1. The van der Waals surface area contributed by atoms with Crippen LogP contribution in [-0.4, -0.2) is 44.9 Å². The number of benzene rings is 2. The van der Waals surface area contributed by atoms with Crippen LogP contribution in [0.25, 0.3) is 0 Å². The number of amides is 1. The van der Waals surface area contributed by atoms with Gasteiger partial charge in [0.05, 0.1) is 28.7 Å². The van der Waals surface area contributed by atoms with Gasteiger partial charge in [0.15, 0.2) is 0 Å². The van der Waals surface area contributed by atoms with Gasteiger partial charge in [-0.2, -0.15) is 4.31 Å². The summed E-state index contributed by atoms with van der Waals surface area (Å²) in [5.41, 5.74) is 0.388. The van der Waals surface area contributed by atoms with Crippen molar-refractivity contribution in [3.63, 3.8) is 0 Å². The lowest BCUT2D eigenvalue weighted by atomic mass is 10.2. The second kappa shape index (κ2) is 7.71. The first-order valence-corrected chi connectivity index (χ1v) is 9.64. The van der Waals surface area contributed by atoms with Crippen molar-refractivity contribution in [2.45, 2.75) is 4.90 Å². The van der Waals surface area contributed by atoms with Crippen molar-refractivity contribution < 1.29 is 22.3 Å². The van der Waals surface area contributed by atoms with Gasteiger partial charge in [-0.3, -0.25) is 4.79 Å². The van der Waals surface area contributed by atoms with Gasteiger partial charge < -0.3 is 10.1 Å². The fraction of sp³-hybridized carbons (Fsp3) is 0.235. The summed E-state index contributed by atoms with van der Waals surface area (Å²) in [5, 5.41) is 2.55. The van der Waals surface area contributed by atoms with Gasteiger partial charge in [0.1, 0.15) is 5.82 Å². The maximum atomic E-state index is 13.1. The summed E-state index contributed by atoms with van der Waals surface area (Å²) in [4.78, 5) is 12.4. The van der Waals surface area contributed by atoms with Crippen LogP contribution in [0.4, 0.5) is 10.1 Å². The van der Waals surface area contributed by atoms with Crippen molar-refractivity contribution in [3.8, 4) is 0 Å². The molecule has 1 heterocycles. The van der Waals surface area contributed by atoms with Crippen LogP contribution in [0.15, 0.2) is 47.4 Å². The van der Waals surface area contributed by atoms with E-state index in [1.165, 1.54) is 28.6 Å². The van der Waals surface area contributed by atoms with Gasteiger partial charge in [-0.05, 0) is 36.4 Å². The number of hydrogen-bond acceptors (Lipinski definition) is 4. The maximum Gasteiger partial charge on any atom is 0.257 e. The average Bonchev–Trinajstić information content (AvgIpc) is 2.62. The van der Waals surface area contributed by atoms with Crippen LogP contribution in [0.1, 0.15) is 10.4 Å². The van der Waals surface area contributed by atoms with Crippen LogP contribution >= 0.6 is 11.6 Å². The molecule has 9 heteroatoms. The van der Waals surface area contributed by atoms with Gasteiger partial charge in [-0.15, -0.1) is 0 Å². The van der Waals surface area contributed by atoms with E-state index in [1.54, 1.807) is 6.07 Å². The molecule has 1 aliphatic heterocycles. The van der Waals surface area contributed by atoms with Crippen LogP contribution < -0.4 is 5.32 Å². The Hall–Kier alpha value is -2.00. The lowest BCUT2D eigenvalue weighted by molar-refractivity contribution is 0.0730. The molecule has 1 N–H and O–H groups in total. The highest BCUT2D eigenvalue weighted by atomic mass is 35.5. The second-order valence-electron chi connectivity index (χ2n) is 5.62. The zero-order chi connectivity index (χ0) is 18.7. The minimum Gasteiger partial charge on any atom is -0.379 e. The predicted octanol–water partition coefficient (Wildman–Crippen LogP) is 2.75. The first-order chi connectivity index (χ1) is 12.4. The summed E-state index contributed by atoms with van der Waals surface area (Å²) >= 11 is 5.88. The smallest absolute Gasteiger partial charge is 0.257 e. The Balaban J connectivity index is 1.82. The summed E-state index contributed by atoms with van der Waals surface area (Å²) in [6.07, 6.45) is 0. The Morgan fingerprint density at radius 1 is 1.15 bits per heavy atom. The van der Waals surface area contributed by atoms with E-state index in [0.29, 0.717) is 18.9 Å². The van der Waals surface area contributed by atoms with Crippen molar-refractivity contribution in [1.29, 1.82) is 0 Å². The molecular formula is C17H16ClFN2O4S. The number of morpholine rings is 1. The summed E-state index contributed by atoms with van der Waals surface area (Å²) in [7, 11) is -3.67. The van der Waals surface area contributed by atoms with Crippen molar-refractivity contribution in [1.82, 2.24) is 4.31 Å². The molecule has 2 aromatic rings. The Kier molecular flexibility index (Phi) is 5.57. The van der Waals surface area contributed by atoms with E-state index < -0.39 is 21.7 Å². The minimum absolute atomic E-state index is 0.0282. The maximum absolute atomic E-state index is 13.1. The summed E-state index contributed by atoms with van der Waals surface area (Å²) in [6.45, 7) is 1.26. The molecule has 2 aromatic carbocycles. The molecule has 1 aliphatic rings. The molecule has 0 spiro atoms. The van der Waals surface area contributed by atoms with E-state index >= 15 is 0 Å². The third-order valence-electron chi connectivity index (χ3n) is 3.88. The third kappa shape index (κ3) is 4.04. The zero-order valence-corrected chi connectivity index (χ0v) is 15.2. The number of anilines is 1. The lowest BCUT2D eigenvalue weighted by Crippen LogP contribution is -2.40. The van der Waals surface area contributed by atoms with Crippen molar-refractivity contribution in [2.75, 3.05) is 31.6 Å². The molecule has 1 saturated heterocycles. The topological polar surface area (TPSA) is 75.7 Å². The highest BCUT2D eigenvalue weighted by molar-refractivity contribution is 7.89. The number of nitrogens with one attached hydrogen (secondary N) is 1. The second-order valence-corrected chi connectivity index (χ2v) is 7.97. The van der Waals surface area contributed by atoms with Crippen LogP contribution in [-0.2, 0) is 14.8 Å². The Labute approximate surface area is 155 Å². The van der Waals surface area contributed by atoms with E-state index in [0.717, 1.165) is 12.1 Å². The molecule has 3 rings (SSSR count). The fourth-order valence-electron chi connectivity index (χ4n) is 2.54. The van der Waals surface area contributed by atoms with E-state index in [1.807, 2.05) is 0 Å². The highest BCUT2D eigenvalue weighted by Gasteiger charge is 2.26.